The number of benzene rings is 2. The minimum absolute atomic E-state index is 0.00811. The number of rotatable bonds is 16. The summed E-state index contributed by atoms with van der Waals surface area (Å²) in [5.41, 5.74) is 13.7. The van der Waals surface area contributed by atoms with Crippen LogP contribution in [-0.2, 0) is 48.0 Å². The molecule has 0 bridgehead atoms. The fraction of sp³-hybridized carbons (Fsp3) is 0.500. The van der Waals surface area contributed by atoms with Gasteiger partial charge in [-0.2, -0.15) is 0 Å². The van der Waals surface area contributed by atoms with Crippen molar-refractivity contribution in [2.24, 2.45) is 16.5 Å². The molecule has 1 fully saturated rings. The second kappa shape index (κ2) is 27.8. The third-order valence-corrected chi connectivity index (χ3v) is 11.9. The van der Waals surface area contributed by atoms with Crippen LogP contribution in [0.25, 0.3) is 10.9 Å². The summed E-state index contributed by atoms with van der Waals surface area (Å²) in [5, 5.41) is 32.6. The van der Waals surface area contributed by atoms with Gasteiger partial charge in [-0.05, 0) is 67.9 Å². The number of H-pyrrole nitrogens is 2. The van der Waals surface area contributed by atoms with E-state index >= 15 is 0 Å². The minimum Gasteiger partial charge on any atom is -0.376 e. The molecule has 14 N–H and O–H groups in total. The maximum absolute atomic E-state index is 14.6. The van der Waals surface area contributed by atoms with Gasteiger partial charge in [-0.1, -0.05) is 56.5 Å². The van der Waals surface area contributed by atoms with Crippen molar-refractivity contribution in [2.75, 3.05) is 19.6 Å². The summed E-state index contributed by atoms with van der Waals surface area (Å²) in [4.78, 5) is 98.0. The van der Waals surface area contributed by atoms with Gasteiger partial charge in [0.05, 0.1) is 18.4 Å². The number of guanidine groups is 1. The number of aliphatic hydroxyl groups excluding tert-OH is 1. The third kappa shape index (κ3) is 17.9. The Hall–Kier alpha value is -6.87. The zero-order chi connectivity index (χ0) is 49.5. The van der Waals surface area contributed by atoms with Crippen LogP contribution < -0.4 is 48.7 Å². The normalized spacial score (nSPS) is 21.8. The molecule has 374 valence electrons. The summed E-state index contributed by atoms with van der Waals surface area (Å²) in [7, 11) is 0. The van der Waals surface area contributed by atoms with Crippen molar-refractivity contribution in [1.82, 2.24) is 52.2 Å². The number of aromatic amines is 2. The van der Waals surface area contributed by atoms with E-state index in [1.54, 1.807) is 6.20 Å². The first-order chi connectivity index (χ1) is 33.3. The predicted molar refractivity (Wildman–Crippen MR) is 258 cm³/mol. The fourth-order valence-electron chi connectivity index (χ4n) is 8.04. The van der Waals surface area contributed by atoms with Crippen LogP contribution in [0.3, 0.4) is 0 Å². The van der Waals surface area contributed by atoms with Gasteiger partial charge in [0.15, 0.2) is 5.96 Å². The molecule has 1 unspecified atom stereocenters. The van der Waals surface area contributed by atoms with Crippen molar-refractivity contribution in [3.8, 4) is 0 Å². The molecule has 69 heavy (non-hydrogen) atoms. The van der Waals surface area contributed by atoms with Crippen molar-refractivity contribution in [3.05, 3.63) is 89.9 Å². The number of nitrogens with zero attached hydrogens (tertiary/aromatic N) is 2. The zero-order valence-corrected chi connectivity index (χ0v) is 39.2. The summed E-state index contributed by atoms with van der Waals surface area (Å²) < 4.78 is 14.1. The molecule has 0 radical (unpaired) electrons. The Kier molecular flexibility index (Phi) is 21.4. The van der Waals surface area contributed by atoms with Crippen LogP contribution in [0.5, 0.6) is 0 Å². The molecule has 1 saturated heterocycles. The molecule has 20 nitrogen and oxygen atoms in total. The molecule has 0 spiro atoms. The second-order valence-electron chi connectivity index (χ2n) is 17.3. The van der Waals surface area contributed by atoms with Gasteiger partial charge in [0.1, 0.15) is 30.2 Å². The summed E-state index contributed by atoms with van der Waals surface area (Å²) in [6, 6.07) is 6.85. The number of hydrogen-bond donors (Lipinski definition) is 12. The zero-order valence-electron chi connectivity index (χ0n) is 39.2. The fourth-order valence-corrected chi connectivity index (χ4v) is 8.04. The average molecular weight is 958 g/mol. The van der Waals surface area contributed by atoms with Crippen molar-refractivity contribution < 1.29 is 38.3 Å². The van der Waals surface area contributed by atoms with Crippen molar-refractivity contribution >= 4 is 52.3 Å². The topological polar surface area (TPSA) is 316 Å². The van der Waals surface area contributed by atoms with E-state index in [1.807, 2.05) is 24.3 Å². The Morgan fingerprint density at radius 2 is 1.51 bits per heavy atom. The van der Waals surface area contributed by atoms with Crippen LogP contribution in [0.1, 0.15) is 94.4 Å². The van der Waals surface area contributed by atoms with Crippen LogP contribution in [0, 0.1) is 5.82 Å². The first-order valence-electron chi connectivity index (χ1n) is 23.8. The lowest BCUT2D eigenvalue weighted by molar-refractivity contribution is -0.134. The van der Waals surface area contributed by atoms with E-state index < -0.39 is 65.9 Å². The Balaban J connectivity index is 1.49. The minimum atomic E-state index is -1.55. The molecular weight excluding hydrogens is 890 g/mol. The summed E-state index contributed by atoms with van der Waals surface area (Å²) >= 11 is 0. The number of imidazole rings is 1. The Labute approximate surface area is 401 Å². The molecule has 2 aromatic carbocycles. The van der Waals surface area contributed by atoms with Gasteiger partial charge in [0.25, 0.3) is 0 Å². The standard InChI is InChI=1S/C48H68FN13O7/c1-2-3-4-5-14-42(64)58-37-19-20-41(63)53-21-8-9-22-54-43(65)39(25-31-27-56-35-12-7-6-11-34(31)35)61-44(66)36(13-10-23-55-48(50)51)59-46(68)38(24-30-15-17-32(49)18-16-30)60-47(69)40(62-45(37)67)26-33-28-52-29-57-33/h6-7,11-12,15-18,27-29,36-40,45,56,62,67H,2-5,8-10,13-14,19-26H2,1H3,(H,52,57)(H,53,63)(H,54,65)(H,58,64)(H,59,68)(H,60,69)(H,61,66)(H4,50,51,55)/t36-,37-,38+,39-,40-,45?/m0/s1. The van der Waals surface area contributed by atoms with E-state index in [1.165, 1.54) is 36.8 Å². The molecule has 21 heteroatoms. The number of nitrogens with one attached hydrogen (secondary N) is 9. The number of nitrogens with two attached hydrogens (primary N) is 2. The predicted octanol–water partition coefficient (Wildman–Crippen LogP) is 1.10. The summed E-state index contributed by atoms with van der Waals surface area (Å²) in [6.07, 6.45) is 7.75. The lowest BCUT2D eigenvalue weighted by atomic mass is 10.0. The first-order valence-corrected chi connectivity index (χ1v) is 23.8. The lowest BCUT2D eigenvalue weighted by Crippen LogP contribution is -2.61. The monoisotopic (exact) mass is 958 g/mol. The molecule has 1 aliphatic heterocycles. The molecule has 4 aromatic rings. The first kappa shape index (κ1) is 53.1. The third-order valence-electron chi connectivity index (χ3n) is 11.9. The number of carbonyl (C=O) groups excluding carboxylic acids is 6. The highest BCUT2D eigenvalue weighted by Crippen LogP contribution is 2.20. The molecule has 6 atom stereocenters. The van der Waals surface area contributed by atoms with Crippen molar-refractivity contribution in [3.63, 3.8) is 0 Å². The van der Waals surface area contributed by atoms with E-state index in [9.17, 15) is 38.3 Å². The number of halogens is 1. The van der Waals surface area contributed by atoms with Crippen molar-refractivity contribution in [2.45, 2.75) is 133 Å². The van der Waals surface area contributed by atoms with Crippen LogP contribution in [-0.4, -0.2) is 118 Å². The number of hydrogen-bond acceptors (Lipinski definition) is 10. The van der Waals surface area contributed by atoms with E-state index in [0.29, 0.717) is 30.5 Å². The number of aliphatic hydroxyl groups is 1. The van der Waals surface area contributed by atoms with E-state index in [-0.39, 0.29) is 88.8 Å². The van der Waals surface area contributed by atoms with Crippen LogP contribution >= 0.6 is 0 Å². The highest BCUT2D eigenvalue weighted by molar-refractivity contribution is 5.95. The van der Waals surface area contributed by atoms with Gasteiger partial charge in [0.2, 0.25) is 35.4 Å². The summed E-state index contributed by atoms with van der Waals surface area (Å²) in [5.74, 6) is -4.06. The van der Waals surface area contributed by atoms with Gasteiger partial charge in [0, 0.05) is 80.7 Å². The molecule has 5 rings (SSSR count). The Bertz CT molecular complexity index is 2300. The van der Waals surface area contributed by atoms with Crippen molar-refractivity contribution in [1.29, 1.82) is 0 Å². The molecule has 2 aromatic heterocycles. The molecule has 3 heterocycles. The average Bonchev–Trinajstić information content (AvgIpc) is 4.00. The van der Waals surface area contributed by atoms with Gasteiger partial charge in [-0.15, -0.1) is 0 Å². The molecule has 6 amide bonds. The highest BCUT2D eigenvalue weighted by Gasteiger charge is 2.34. The Morgan fingerprint density at radius 3 is 2.23 bits per heavy atom. The van der Waals surface area contributed by atoms with Crippen LogP contribution in [0.2, 0.25) is 0 Å². The molecular formula is C48H68FN13O7. The van der Waals surface area contributed by atoms with E-state index in [2.05, 4.69) is 64.1 Å². The SMILES string of the molecule is CCCCCCC(=O)N[C@H]1CCC(=O)NCCCCNC(=O)[C@H](Cc2c[nH]c3ccccc23)NC(=O)[C@H](CCCN=C(N)N)NC(=O)[C@@H](Cc2ccc(F)cc2)NC(=O)[C@H](Cc2cnc[nH]2)NC1O. The molecule has 0 aliphatic carbocycles. The van der Waals surface area contributed by atoms with Gasteiger partial charge in [-0.3, -0.25) is 39.1 Å². The number of aliphatic imine (C=N–C) groups is 1. The van der Waals surface area contributed by atoms with Crippen LogP contribution in [0.4, 0.5) is 4.39 Å². The van der Waals surface area contributed by atoms with Gasteiger partial charge >= 0.3 is 0 Å². The van der Waals surface area contributed by atoms with E-state index in [0.717, 1.165) is 35.7 Å². The maximum atomic E-state index is 14.6. The summed E-state index contributed by atoms with van der Waals surface area (Å²) in [6.45, 7) is 2.68. The number of fused-ring (bicyclic) bond motifs is 1. The largest absolute Gasteiger partial charge is 0.376 e. The van der Waals surface area contributed by atoms with Gasteiger partial charge < -0.3 is 58.4 Å². The molecule has 1 aliphatic rings. The quantitative estimate of drug-likeness (QED) is 0.0429. The number of para-hydroxylation sites is 1. The van der Waals surface area contributed by atoms with Gasteiger partial charge in [-0.25, -0.2) is 9.37 Å². The van der Waals surface area contributed by atoms with E-state index in [4.69, 9.17) is 11.5 Å². The maximum Gasteiger partial charge on any atom is 0.243 e. The number of unbranched alkanes of at least 4 members (excludes halogenated alkanes) is 3. The van der Waals surface area contributed by atoms with Crippen LogP contribution in [0.15, 0.2) is 72.2 Å². The number of aromatic nitrogens is 3. The Morgan fingerprint density at radius 1 is 0.812 bits per heavy atom. The highest BCUT2D eigenvalue weighted by atomic mass is 19.1. The molecule has 0 saturated carbocycles. The smallest absolute Gasteiger partial charge is 0.243 e. The lowest BCUT2D eigenvalue weighted by Gasteiger charge is -2.30. The number of carbonyl (C=O) groups is 6. The number of amides is 6. The second-order valence-corrected chi connectivity index (χ2v) is 17.3.